The van der Waals surface area contributed by atoms with Crippen molar-refractivity contribution in [1.29, 1.82) is 0 Å². The van der Waals surface area contributed by atoms with Crippen molar-refractivity contribution in [2.75, 3.05) is 6.61 Å². The largest absolute Gasteiger partial charge is 0.490 e. The van der Waals surface area contributed by atoms with Gasteiger partial charge in [-0.3, -0.25) is 19.6 Å². The van der Waals surface area contributed by atoms with E-state index in [0.717, 1.165) is 17.1 Å². The van der Waals surface area contributed by atoms with E-state index < -0.39 is 10.8 Å². The van der Waals surface area contributed by atoms with E-state index in [2.05, 4.69) is 15.6 Å². The molecule has 0 fully saturated rings. The lowest BCUT2D eigenvalue weighted by molar-refractivity contribution is -0.385. The normalized spacial score (nSPS) is 10.8. The molecular weight excluding hydrogens is 421 g/mol. The highest BCUT2D eigenvalue weighted by Crippen LogP contribution is 2.29. The van der Waals surface area contributed by atoms with Crippen molar-refractivity contribution >= 4 is 17.8 Å². The minimum absolute atomic E-state index is 0.0435. The van der Waals surface area contributed by atoms with Gasteiger partial charge in [0.1, 0.15) is 31.4 Å². The van der Waals surface area contributed by atoms with Crippen LogP contribution in [0.4, 0.5) is 10.1 Å². The van der Waals surface area contributed by atoms with E-state index >= 15 is 0 Å². The lowest BCUT2D eigenvalue weighted by Gasteiger charge is -2.13. The highest BCUT2D eigenvalue weighted by atomic mass is 19.1. The summed E-state index contributed by atoms with van der Waals surface area (Å²) in [5, 5.41) is 18.3. The minimum Gasteiger partial charge on any atom is -0.490 e. The number of carbonyl (C=O) groups is 1. The van der Waals surface area contributed by atoms with Gasteiger partial charge in [0.25, 0.3) is 5.91 Å². The van der Waals surface area contributed by atoms with Crippen LogP contribution in [0.1, 0.15) is 18.1 Å². The summed E-state index contributed by atoms with van der Waals surface area (Å²) in [5.41, 5.74) is 3.17. The number of halogens is 1. The van der Waals surface area contributed by atoms with Crippen molar-refractivity contribution < 1.29 is 23.6 Å². The number of nitrogens with zero attached hydrogens (tertiary/aromatic N) is 4. The molecule has 2 aromatic carbocycles. The van der Waals surface area contributed by atoms with Crippen LogP contribution in [0.3, 0.4) is 0 Å². The number of aromatic nitrogens is 2. The molecular formula is C21H20FN5O5. The number of ether oxygens (including phenoxy) is 2. The van der Waals surface area contributed by atoms with Crippen LogP contribution in [0.25, 0.3) is 0 Å². The maximum Gasteiger partial charge on any atom is 0.307 e. The van der Waals surface area contributed by atoms with Crippen LogP contribution in [0, 0.1) is 15.9 Å². The number of rotatable bonds is 10. The first-order chi connectivity index (χ1) is 15.5. The molecule has 0 spiro atoms. The van der Waals surface area contributed by atoms with Crippen LogP contribution in [-0.2, 0) is 17.9 Å². The van der Waals surface area contributed by atoms with Crippen LogP contribution in [-0.4, -0.2) is 33.4 Å². The van der Waals surface area contributed by atoms with E-state index in [9.17, 15) is 19.3 Å². The van der Waals surface area contributed by atoms with E-state index in [1.165, 1.54) is 12.3 Å². The van der Waals surface area contributed by atoms with Gasteiger partial charge in [-0.1, -0.05) is 18.2 Å². The molecule has 32 heavy (non-hydrogen) atoms. The van der Waals surface area contributed by atoms with Gasteiger partial charge in [0, 0.05) is 5.56 Å². The van der Waals surface area contributed by atoms with E-state index in [1.54, 1.807) is 36.4 Å². The van der Waals surface area contributed by atoms with Gasteiger partial charge in [0.2, 0.25) is 0 Å². The van der Waals surface area contributed by atoms with Gasteiger partial charge < -0.3 is 9.47 Å². The molecule has 0 saturated carbocycles. The van der Waals surface area contributed by atoms with Crippen molar-refractivity contribution in [3.63, 3.8) is 0 Å². The van der Waals surface area contributed by atoms with Crippen LogP contribution in [0.5, 0.6) is 11.5 Å². The molecule has 0 aliphatic heterocycles. The number of benzene rings is 2. The number of hydrogen-bond acceptors (Lipinski definition) is 7. The second-order valence-electron chi connectivity index (χ2n) is 6.47. The second kappa shape index (κ2) is 10.7. The molecule has 0 atom stereocenters. The van der Waals surface area contributed by atoms with E-state index in [4.69, 9.17) is 9.47 Å². The Hall–Kier alpha value is -4.28. The minimum atomic E-state index is -0.598. The number of nitrogens with one attached hydrogen (secondary N) is 1. The molecule has 3 rings (SSSR count). The summed E-state index contributed by atoms with van der Waals surface area (Å²) in [6, 6.07) is 11.4. The van der Waals surface area contributed by atoms with Crippen molar-refractivity contribution in [3.05, 3.63) is 81.9 Å². The van der Waals surface area contributed by atoms with Crippen LogP contribution in [0.2, 0.25) is 0 Å². The smallest absolute Gasteiger partial charge is 0.307 e. The van der Waals surface area contributed by atoms with Crippen LogP contribution < -0.4 is 14.9 Å². The molecule has 0 aliphatic carbocycles. The fourth-order valence-corrected chi connectivity index (χ4v) is 2.66. The Kier molecular flexibility index (Phi) is 7.46. The predicted octanol–water partition coefficient (Wildman–Crippen LogP) is 3.06. The molecule has 1 aromatic heterocycles. The molecule has 1 amide bonds. The van der Waals surface area contributed by atoms with Crippen molar-refractivity contribution in [2.24, 2.45) is 5.10 Å². The maximum atomic E-state index is 13.8. The third kappa shape index (κ3) is 6.11. The molecule has 0 aliphatic rings. The number of hydrogen-bond donors (Lipinski definition) is 1. The average molecular weight is 441 g/mol. The third-order valence-electron chi connectivity index (χ3n) is 4.15. The fourth-order valence-electron chi connectivity index (χ4n) is 2.66. The molecule has 1 N–H and O–H groups in total. The average Bonchev–Trinajstić information content (AvgIpc) is 3.23. The van der Waals surface area contributed by atoms with Gasteiger partial charge in [-0.15, -0.1) is 0 Å². The molecule has 3 aromatic rings. The Morgan fingerprint density at radius 2 is 2.09 bits per heavy atom. The Bertz CT molecular complexity index is 1130. The van der Waals surface area contributed by atoms with Crippen molar-refractivity contribution in [3.8, 4) is 11.5 Å². The molecule has 1 heterocycles. The van der Waals surface area contributed by atoms with E-state index in [0.29, 0.717) is 29.2 Å². The SMILES string of the molecule is CCOc1cc(/C=N/NC(=O)Cn2cc([N+](=O)[O-])cn2)ccc1OCc1ccccc1F. The summed E-state index contributed by atoms with van der Waals surface area (Å²) in [5.74, 6) is 0.0309. The lowest BCUT2D eigenvalue weighted by atomic mass is 10.2. The molecule has 11 heteroatoms. The molecule has 0 bridgehead atoms. The zero-order chi connectivity index (χ0) is 22.9. The zero-order valence-electron chi connectivity index (χ0n) is 17.1. The number of hydrazone groups is 1. The van der Waals surface area contributed by atoms with Crippen LogP contribution in [0.15, 0.2) is 60.0 Å². The van der Waals surface area contributed by atoms with Crippen LogP contribution >= 0.6 is 0 Å². The number of carbonyl (C=O) groups excluding carboxylic acids is 1. The van der Waals surface area contributed by atoms with Gasteiger partial charge in [-0.2, -0.15) is 10.2 Å². The number of nitro groups is 1. The van der Waals surface area contributed by atoms with Crippen molar-refractivity contribution in [2.45, 2.75) is 20.1 Å². The molecule has 166 valence electrons. The van der Waals surface area contributed by atoms with Gasteiger partial charge in [0.05, 0.1) is 17.7 Å². The van der Waals surface area contributed by atoms with Gasteiger partial charge in [0.15, 0.2) is 11.5 Å². The fraction of sp³-hybridized carbons (Fsp3) is 0.190. The molecule has 0 radical (unpaired) electrons. The lowest BCUT2D eigenvalue weighted by Crippen LogP contribution is -2.23. The summed E-state index contributed by atoms with van der Waals surface area (Å²) in [6.45, 7) is 2.03. The van der Waals surface area contributed by atoms with E-state index in [-0.39, 0.29) is 24.7 Å². The summed E-state index contributed by atoms with van der Waals surface area (Å²) in [6.07, 6.45) is 3.62. The van der Waals surface area contributed by atoms with Gasteiger partial charge in [-0.05, 0) is 36.8 Å². The van der Waals surface area contributed by atoms with Crippen molar-refractivity contribution in [1.82, 2.24) is 15.2 Å². The molecule has 0 unspecified atom stereocenters. The zero-order valence-corrected chi connectivity index (χ0v) is 17.1. The third-order valence-corrected chi connectivity index (χ3v) is 4.15. The van der Waals surface area contributed by atoms with Gasteiger partial charge in [-0.25, -0.2) is 9.82 Å². The predicted molar refractivity (Wildman–Crippen MR) is 113 cm³/mol. The molecule has 10 nitrogen and oxygen atoms in total. The summed E-state index contributed by atoms with van der Waals surface area (Å²) in [4.78, 5) is 22.0. The highest BCUT2D eigenvalue weighted by molar-refractivity contribution is 5.83. The van der Waals surface area contributed by atoms with E-state index in [1.807, 2.05) is 6.92 Å². The first-order valence-electron chi connectivity index (χ1n) is 9.58. The Balaban J connectivity index is 1.60. The standard InChI is InChI=1S/C21H20FN5O5/c1-2-31-20-9-15(7-8-19(20)32-14-16-5-3-4-6-18(16)22)10-23-25-21(28)13-26-12-17(11-24-26)27(29)30/h3-12H,2,13-14H2,1H3,(H,25,28)/b23-10+. The topological polar surface area (TPSA) is 121 Å². The quantitative estimate of drug-likeness (QED) is 0.293. The first-order valence-corrected chi connectivity index (χ1v) is 9.58. The highest BCUT2D eigenvalue weighted by Gasteiger charge is 2.11. The summed E-state index contributed by atoms with van der Waals surface area (Å²) >= 11 is 0. The number of amides is 1. The first kappa shape index (κ1) is 22.4. The summed E-state index contributed by atoms with van der Waals surface area (Å²) in [7, 11) is 0. The Morgan fingerprint density at radius 1 is 1.28 bits per heavy atom. The Labute approximate surface area is 182 Å². The molecule has 0 saturated heterocycles. The second-order valence-corrected chi connectivity index (χ2v) is 6.47. The Morgan fingerprint density at radius 3 is 2.81 bits per heavy atom. The monoisotopic (exact) mass is 441 g/mol. The summed E-state index contributed by atoms with van der Waals surface area (Å²) < 4.78 is 26.2. The maximum absolute atomic E-state index is 13.8. The van der Waals surface area contributed by atoms with Gasteiger partial charge >= 0.3 is 5.69 Å².